The summed E-state index contributed by atoms with van der Waals surface area (Å²) in [5, 5.41) is 0. The predicted molar refractivity (Wildman–Crippen MR) is 198 cm³/mol. The van der Waals surface area contributed by atoms with E-state index in [1.807, 2.05) is 110 Å². The maximum absolute atomic E-state index is 5.99. The topological polar surface area (TPSA) is 129 Å². The van der Waals surface area contributed by atoms with Crippen molar-refractivity contribution in [3.05, 3.63) is 0 Å². The Hall–Kier alpha value is 0.308. The van der Waals surface area contributed by atoms with Crippen LogP contribution in [0.25, 0.3) is 0 Å². The van der Waals surface area contributed by atoms with Crippen molar-refractivity contribution >= 4 is 35.7 Å². The molecule has 0 bridgehead atoms. The molecule has 296 valence electrons. The molecule has 0 aromatic heterocycles. The molecule has 0 aliphatic rings. The molecule has 0 unspecified atom stereocenters. The SMILES string of the molecule is CCOCC.CCO[Si](C)(OCC)OCC.CCO[Si](C)(OCC)O[Si](OCC)(OCC)OCC.CCO[Si](OCC)(OCC)OCC. The molecule has 0 atom stereocenters. The first kappa shape index (κ1) is 55.1. The standard InChI is InChI=1S/C11H28O6Si2.C8H20O4Si.C7H18O3Si.C4H10O/c1-7-12-18(6,13-8-2)17-19(14-9-3,15-10-4)16-11-5;1-5-9-13(10-6-2,11-7-3)12-8-4;1-5-8-11(4,9-6-2)10-7-3;1-3-5-4-2/h7-11H2,1-6H3;5-8H2,1-4H3;5-7H2,1-4H3;3-4H2,1-2H3. The van der Waals surface area contributed by atoms with E-state index < -0.39 is 35.7 Å². The van der Waals surface area contributed by atoms with E-state index in [9.17, 15) is 0 Å². The van der Waals surface area contributed by atoms with E-state index >= 15 is 0 Å². The molecular formula is C30H76O14Si4. The number of hydrogen-bond acceptors (Lipinski definition) is 14. The van der Waals surface area contributed by atoms with Gasteiger partial charge in [-0.25, -0.2) is 0 Å². The lowest BCUT2D eigenvalue weighted by molar-refractivity contribution is -0.0250. The molecule has 0 aliphatic heterocycles. The first-order valence-corrected chi connectivity index (χ1v) is 25.5. The second-order valence-corrected chi connectivity index (χ2v) is 18.5. The van der Waals surface area contributed by atoms with Gasteiger partial charge in [0, 0.05) is 106 Å². The third kappa shape index (κ3) is 30.0. The first-order chi connectivity index (χ1) is 22.8. The van der Waals surface area contributed by atoms with Crippen LogP contribution in [-0.2, 0) is 62.0 Å². The van der Waals surface area contributed by atoms with Crippen molar-refractivity contribution < 1.29 is 62.0 Å². The summed E-state index contributed by atoms with van der Waals surface area (Å²) in [6.45, 7) is 38.8. The van der Waals surface area contributed by atoms with Gasteiger partial charge >= 0.3 is 35.7 Å². The summed E-state index contributed by atoms with van der Waals surface area (Å²) in [6, 6.07) is 0. The van der Waals surface area contributed by atoms with Crippen LogP contribution in [0, 0.1) is 0 Å². The summed E-state index contributed by atoms with van der Waals surface area (Å²) in [4.78, 5) is 0. The van der Waals surface area contributed by atoms with Gasteiger partial charge in [-0.1, -0.05) is 0 Å². The molecule has 0 spiro atoms. The Morgan fingerprint density at radius 2 is 0.458 bits per heavy atom. The van der Waals surface area contributed by atoms with E-state index in [1.54, 1.807) is 0 Å². The summed E-state index contributed by atoms with van der Waals surface area (Å²) >= 11 is 0. The van der Waals surface area contributed by atoms with Crippen LogP contribution in [0.5, 0.6) is 0 Å². The molecule has 0 fully saturated rings. The molecule has 0 saturated heterocycles. The molecule has 0 radical (unpaired) electrons. The zero-order valence-corrected chi connectivity index (χ0v) is 37.6. The van der Waals surface area contributed by atoms with Gasteiger partial charge in [-0.15, -0.1) is 0 Å². The minimum atomic E-state index is -3.19. The second-order valence-electron chi connectivity index (χ2n) is 8.80. The van der Waals surface area contributed by atoms with Crippen molar-refractivity contribution in [2.45, 2.75) is 110 Å². The van der Waals surface area contributed by atoms with Gasteiger partial charge in [-0.05, 0) is 96.9 Å². The van der Waals surface area contributed by atoms with Gasteiger partial charge in [0.25, 0.3) is 0 Å². The fraction of sp³-hybridized carbons (Fsp3) is 1.00. The molecule has 0 aliphatic carbocycles. The van der Waals surface area contributed by atoms with Gasteiger partial charge < -0.3 is 62.0 Å². The zero-order valence-electron chi connectivity index (χ0n) is 33.6. The molecule has 14 nitrogen and oxygen atoms in total. The second kappa shape index (κ2) is 37.1. The van der Waals surface area contributed by atoms with Crippen molar-refractivity contribution in [1.82, 2.24) is 0 Å². The van der Waals surface area contributed by atoms with Crippen molar-refractivity contribution in [1.29, 1.82) is 0 Å². The van der Waals surface area contributed by atoms with Gasteiger partial charge in [0.15, 0.2) is 0 Å². The minimum absolute atomic E-state index is 0.453. The van der Waals surface area contributed by atoms with Gasteiger partial charge in [-0.2, -0.15) is 0 Å². The monoisotopic (exact) mass is 772 g/mol. The summed E-state index contributed by atoms with van der Waals surface area (Å²) in [7, 11) is -11.0. The molecule has 18 heteroatoms. The normalized spacial score (nSPS) is 12.0. The van der Waals surface area contributed by atoms with E-state index in [1.165, 1.54) is 0 Å². The Morgan fingerprint density at radius 1 is 0.250 bits per heavy atom. The third-order valence-corrected chi connectivity index (χ3v) is 16.0. The Balaban J connectivity index is -0.000000292. The highest BCUT2D eigenvalue weighted by Gasteiger charge is 2.54. The summed E-state index contributed by atoms with van der Waals surface area (Å²) in [6.07, 6.45) is 0. The highest BCUT2D eigenvalue weighted by molar-refractivity contribution is 6.71. The van der Waals surface area contributed by atoms with E-state index in [0.29, 0.717) is 79.3 Å². The number of hydrogen-bond donors (Lipinski definition) is 0. The van der Waals surface area contributed by atoms with Crippen molar-refractivity contribution in [2.75, 3.05) is 92.5 Å². The maximum atomic E-state index is 5.99. The van der Waals surface area contributed by atoms with Crippen LogP contribution in [0.2, 0.25) is 13.1 Å². The van der Waals surface area contributed by atoms with Gasteiger partial charge in [-0.3, -0.25) is 0 Å². The number of ether oxygens (including phenoxy) is 1. The molecule has 0 amide bonds. The van der Waals surface area contributed by atoms with E-state index in [-0.39, 0.29) is 0 Å². The Morgan fingerprint density at radius 3 is 0.646 bits per heavy atom. The van der Waals surface area contributed by atoms with Crippen molar-refractivity contribution in [3.63, 3.8) is 0 Å². The Bertz CT molecular complexity index is 573. The smallest absolute Gasteiger partial charge is 0.382 e. The Kier molecular flexibility index (Phi) is 42.5. The molecule has 0 N–H and O–H groups in total. The average Bonchev–Trinajstić information content (AvgIpc) is 3.00. The fourth-order valence-corrected chi connectivity index (χ4v) is 12.8. The molecule has 0 heterocycles. The average molecular weight is 773 g/mol. The van der Waals surface area contributed by atoms with Gasteiger partial charge in [0.1, 0.15) is 0 Å². The Labute approximate surface area is 299 Å². The quantitative estimate of drug-likeness (QED) is 0.0807. The van der Waals surface area contributed by atoms with Crippen LogP contribution in [0.15, 0.2) is 0 Å². The van der Waals surface area contributed by atoms with Crippen LogP contribution in [0.4, 0.5) is 0 Å². The predicted octanol–water partition coefficient (Wildman–Crippen LogP) is 6.47. The summed E-state index contributed by atoms with van der Waals surface area (Å²) < 4.78 is 77.0. The highest BCUT2D eigenvalue weighted by Crippen LogP contribution is 2.21. The van der Waals surface area contributed by atoms with Crippen molar-refractivity contribution in [3.8, 4) is 0 Å². The minimum Gasteiger partial charge on any atom is -0.382 e. The molecule has 0 aromatic rings. The molecule has 0 rings (SSSR count). The zero-order chi connectivity index (χ0) is 37.8. The summed E-state index contributed by atoms with van der Waals surface area (Å²) in [5.41, 5.74) is 0. The van der Waals surface area contributed by atoms with E-state index in [2.05, 4.69) is 0 Å². The van der Waals surface area contributed by atoms with Gasteiger partial charge in [0.2, 0.25) is 0 Å². The van der Waals surface area contributed by atoms with Crippen LogP contribution >= 0.6 is 0 Å². The lowest BCUT2D eigenvalue weighted by Crippen LogP contribution is -2.59. The summed E-state index contributed by atoms with van der Waals surface area (Å²) in [5.74, 6) is 0. The largest absolute Gasteiger partial charge is 0.679 e. The van der Waals surface area contributed by atoms with Gasteiger partial charge in [0.05, 0.1) is 0 Å². The van der Waals surface area contributed by atoms with Crippen LogP contribution < -0.4 is 0 Å². The van der Waals surface area contributed by atoms with E-state index in [4.69, 9.17) is 62.0 Å². The van der Waals surface area contributed by atoms with Crippen LogP contribution in [0.3, 0.4) is 0 Å². The third-order valence-electron chi connectivity index (χ3n) is 5.00. The maximum Gasteiger partial charge on any atom is 0.679 e. The van der Waals surface area contributed by atoms with Crippen LogP contribution in [-0.4, -0.2) is 128 Å². The lowest BCUT2D eigenvalue weighted by atomic mass is 10.8. The molecule has 48 heavy (non-hydrogen) atoms. The van der Waals surface area contributed by atoms with Crippen molar-refractivity contribution in [2.24, 2.45) is 0 Å². The van der Waals surface area contributed by atoms with Crippen LogP contribution in [0.1, 0.15) is 96.9 Å². The highest BCUT2D eigenvalue weighted by atomic mass is 28.5. The number of rotatable bonds is 28. The first-order valence-electron chi connectivity index (χ1n) is 17.8. The molecular weight excluding hydrogens is 697 g/mol. The molecule has 0 aromatic carbocycles. The lowest BCUT2D eigenvalue weighted by Gasteiger charge is -2.34. The molecule has 0 saturated carbocycles. The van der Waals surface area contributed by atoms with E-state index in [0.717, 1.165) is 13.2 Å². The fourth-order valence-electron chi connectivity index (χ4n) is 3.67.